The molecular formula is C15H14BrF2N. The Labute approximate surface area is 119 Å². The first-order chi connectivity index (χ1) is 9.11. The lowest BCUT2D eigenvalue weighted by Gasteiger charge is -2.20. The summed E-state index contributed by atoms with van der Waals surface area (Å²) in [6.45, 7) is 2.59. The Hall–Kier alpha value is -1.26. The number of rotatable bonds is 4. The first-order valence-electron chi connectivity index (χ1n) is 6.05. The summed E-state index contributed by atoms with van der Waals surface area (Å²) >= 11 is 3.39. The lowest BCUT2D eigenvalue weighted by Crippen LogP contribution is -2.23. The predicted octanol–water partition coefficient (Wildman–Crippen LogP) is 4.43. The molecule has 0 heterocycles. The fourth-order valence-corrected chi connectivity index (χ4v) is 2.45. The van der Waals surface area contributed by atoms with Crippen LogP contribution < -0.4 is 5.32 Å². The van der Waals surface area contributed by atoms with E-state index in [0.29, 0.717) is 12.1 Å². The summed E-state index contributed by atoms with van der Waals surface area (Å²) < 4.78 is 28.2. The fraction of sp³-hybridized carbons (Fsp3) is 0.200. The van der Waals surface area contributed by atoms with Crippen LogP contribution in [0.25, 0.3) is 0 Å². The van der Waals surface area contributed by atoms with Crippen molar-refractivity contribution in [2.45, 2.75) is 13.0 Å². The third kappa shape index (κ3) is 3.39. The molecule has 0 bridgehead atoms. The van der Waals surface area contributed by atoms with Gasteiger partial charge in [-0.2, -0.15) is 0 Å². The Balaban J connectivity index is 2.48. The standard InChI is InChI=1S/C15H14BrF2N/c1-2-19-15(10-4-3-5-11(16)8-10)13-9-12(17)6-7-14(13)18/h3-9,15,19H,2H2,1H3. The van der Waals surface area contributed by atoms with Gasteiger partial charge in [-0.25, -0.2) is 8.78 Å². The molecule has 0 aliphatic heterocycles. The van der Waals surface area contributed by atoms with E-state index in [1.165, 1.54) is 6.07 Å². The lowest BCUT2D eigenvalue weighted by atomic mass is 9.98. The molecule has 100 valence electrons. The van der Waals surface area contributed by atoms with E-state index < -0.39 is 11.6 Å². The minimum Gasteiger partial charge on any atom is -0.306 e. The number of benzene rings is 2. The van der Waals surface area contributed by atoms with Crippen LogP contribution in [0.15, 0.2) is 46.9 Å². The number of hydrogen-bond donors (Lipinski definition) is 1. The summed E-state index contributed by atoms with van der Waals surface area (Å²) in [6, 6.07) is 10.7. The van der Waals surface area contributed by atoms with Crippen molar-refractivity contribution in [3.05, 3.63) is 69.7 Å². The van der Waals surface area contributed by atoms with Crippen molar-refractivity contribution in [3.63, 3.8) is 0 Å². The molecule has 0 spiro atoms. The van der Waals surface area contributed by atoms with E-state index in [0.717, 1.165) is 22.2 Å². The highest BCUT2D eigenvalue weighted by atomic mass is 79.9. The molecule has 1 N–H and O–H groups in total. The van der Waals surface area contributed by atoms with Crippen molar-refractivity contribution in [1.29, 1.82) is 0 Å². The molecule has 0 saturated carbocycles. The van der Waals surface area contributed by atoms with Gasteiger partial charge >= 0.3 is 0 Å². The van der Waals surface area contributed by atoms with Crippen LogP contribution in [0.3, 0.4) is 0 Å². The SMILES string of the molecule is CCNC(c1cccc(Br)c1)c1cc(F)ccc1F. The molecule has 0 aliphatic rings. The van der Waals surface area contributed by atoms with Gasteiger partial charge in [-0.1, -0.05) is 35.0 Å². The van der Waals surface area contributed by atoms with Crippen molar-refractivity contribution in [2.24, 2.45) is 0 Å². The second kappa shape index (κ2) is 6.26. The molecule has 0 saturated heterocycles. The quantitative estimate of drug-likeness (QED) is 0.877. The lowest BCUT2D eigenvalue weighted by molar-refractivity contribution is 0.545. The molecule has 1 unspecified atom stereocenters. The van der Waals surface area contributed by atoms with E-state index in [-0.39, 0.29) is 6.04 Å². The summed E-state index contributed by atoms with van der Waals surface area (Å²) in [5, 5.41) is 3.18. The van der Waals surface area contributed by atoms with Crippen LogP contribution >= 0.6 is 15.9 Å². The third-order valence-electron chi connectivity index (χ3n) is 2.86. The maximum absolute atomic E-state index is 13.9. The highest BCUT2D eigenvalue weighted by Gasteiger charge is 2.17. The zero-order valence-electron chi connectivity index (χ0n) is 10.5. The monoisotopic (exact) mass is 325 g/mol. The molecule has 2 aromatic carbocycles. The van der Waals surface area contributed by atoms with Crippen molar-refractivity contribution < 1.29 is 8.78 Å². The molecule has 2 aromatic rings. The van der Waals surface area contributed by atoms with E-state index in [1.54, 1.807) is 0 Å². The summed E-state index contributed by atoms with van der Waals surface area (Å²) in [5.41, 5.74) is 1.21. The Kier molecular flexibility index (Phi) is 4.66. The van der Waals surface area contributed by atoms with Gasteiger partial charge in [-0.3, -0.25) is 0 Å². The minimum atomic E-state index is -0.436. The molecule has 4 heteroatoms. The zero-order valence-corrected chi connectivity index (χ0v) is 12.0. The van der Waals surface area contributed by atoms with E-state index in [9.17, 15) is 8.78 Å². The van der Waals surface area contributed by atoms with Gasteiger partial charge in [0.2, 0.25) is 0 Å². The number of halogens is 3. The van der Waals surface area contributed by atoms with Gasteiger partial charge < -0.3 is 5.32 Å². The summed E-state index contributed by atoms with van der Waals surface area (Å²) in [5.74, 6) is -0.846. The van der Waals surface area contributed by atoms with Crippen LogP contribution in [0.5, 0.6) is 0 Å². The molecule has 0 radical (unpaired) electrons. The largest absolute Gasteiger partial charge is 0.306 e. The second-order valence-corrected chi connectivity index (χ2v) is 5.13. The molecule has 2 rings (SSSR count). The van der Waals surface area contributed by atoms with Crippen molar-refractivity contribution >= 4 is 15.9 Å². The van der Waals surface area contributed by atoms with E-state index in [2.05, 4.69) is 21.2 Å². The van der Waals surface area contributed by atoms with E-state index in [4.69, 9.17) is 0 Å². The normalized spacial score (nSPS) is 12.4. The molecule has 0 amide bonds. The Bertz CT molecular complexity index is 572. The van der Waals surface area contributed by atoms with Crippen LogP contribution in [0.4, 0.5) is 8.78 Å². The van der Waals surface area contributed by atoms with Gasteiger partial charge in [0, 0.05) is 10.0 Å². The molecular weight excluding hydrogens is 312 g/mol. The minimum absolute atomic E-state index is 0.319. The Morgan fingerprint density at radius 3 is 2.63 bits per heavy atom. The van der Waals surface area contributed by atoms with Crippen molar-refractivity contribution in [2.75, 3.05) is 6.54 Å². The van der Waals surface area contributed by atoms with Crippen LogP contribution in [0.2, 0.25) is 0 Å². The first-order valence-corrected chi connectivity index (χ1v) is 6.85. The average molecular weight is 326 g/mol. The predicted molar refractivity (Wildman–Crippen MR) is 76.0 cm³/mol. The molecule has 1 atom stereocenters. The van der Waals surface area contributed by atoms with Gasteiger partial charge in [-0.15, -0.1) is 0 Å². The van der Waals surface area contributed by atoms with Gasteiger partial charge in [0.05, 0.1) is 6.04 Å². The topological polar surface area (TPSA) is 12.0 Å². The fourth-order valence-electron chi connectivity index (χ4n) is 2.03. The van der Waals surface area contributed by atoms with E-state index >= 15 is 0 Å². The highest BCUT2D eigenvalue weighted by Crippen LogP contribution is 2.27. The van der Waals surface area contributed by atoms with Crippen LogP contribution in [0.1, 0.15) is 24.1 Å². The van der Waals surface area contributed by atoms with Gasteiger partial charge in [0.1, 0.15) is 11.6 Å². The highest BCUT2D eigenvalue weighted by molar-refractivity contribution is 9.10. The summed E-state index contributed by atoms with van der Waals surface area (Å²) in [4.78, 5) is 0. The molecule has 19 heavy (non-hydrogen) atoms. The summed E-state index contributed by atoms with van der Waals surface area (Å²) in [6.07, 6.45) is 0. The molecule has 1 nitrogen and oxygen atoms in total. The first kappa shape index (κ1) is 14.2. The van der Waals surface area contributed by atoms with Crippen molar-refractivity contribution in [3.8, 4) is 0 Å². The number of nitrogens with one attached hydrogen (secondary N) is 1. The number of hydrogen-bond acceptors (Lipinski definition) is 1. The maximum Gasteiger partial charge on any atom is 0.128 e. The molecule has 0 aromatic heterocycles. The van der Waals surface area contributed by atoms with Crippen LogP contribution in [0, 0.1) is 11.6 Å². The molecule has 0 fully saturated rings. The Morgan fingerprint density at radius 2 is 1.95 bits per heavy atom. The Morgan fingerprint density at radius 1 is 1.16 bits per heavy atom. The van der Waals surface area contributed by atoms with Crippen molar-refractivity contribution in [1.82, 2.24) is 5.32 Å². The van der Waals surface area contributed by atoms with Crippen LogP contribution in [-0.2, 0) is 0 Å². The summed E-state index contributed by atoms with van der Waals surface area (Å²) in [7, 11) is 0. The van der Waals surface area contributed by atoms with Gasteiger partial charge in [0.15, 0.2) is 0 Å². The second-order valence-electron chi connectivity index (χ2n) is 4.21. The van der Waals surface area contributed by atoms with E-state index in [1.807, 2.05) is 31.2 Å². The van der Waals surface area contributed by atoms with Crippen LogP contribution in [-0.4, -0.2) is 6.54 Å². The smallest absolute Gasteiger partial charge is 0.128 e. The van der Waals surface area contributed by atoms with Gasteiger partial charge in [0.25, 0.3) is 0 Å². The third-order valence-corrected chi connectivity index (χ3v) is 3.35. The average Bonchev–Trinajstić information content (AvgIpc) is 2.39. The molecule has 0 aliphatic carbocycles. The maximum atomic E-state index is 13.9. The zero-order chi connectivity index (χ0) is 13.8. The van der Waals surface area contributed by atoms with Gasteiger partial charge in [-0.05, 0) is 42.4 Å².